The third-order valence-corrected chi connectivity index (χ3v) is 3.40. The first-order chi connectivity index (χ1) is 9.85. The van der Waals surface area contributed by atoms with Crippen LogP contribution in [0.3, 0.4) is 0 Å². The molecule has 0 saturated carbocycles. The second kappa shape index (κ2) is 6.19. The summed E-state index contributed by atoms with van der Waals surface area (Å²) in [5.41, 5.74) is 1.90. The van der Waals surface area contributed by atoms with Gasteiger partial charge in [0.05, 0.1) is 11.9 Å². The summed E-state index contributed by atoms with van der Waals surface area (Å²) in [6.07, 6.45) is 2.57. The van der Waals surface area contributed by atoms with E-state index in [1.54, 1.807) is 10.7 Å². The standard InChI is InChI=1S/C12H18N6O2S/c1-9-6-10(2)18(17-9)12-7-11(14-8-15-12)13-4-5-16-21(3,19)20/h6-8,16H,4-5H2,1-3H3,(H,13,14,15). The van der Waals surface area contributed by atoms with E-state index in [1.807, 2.05) is 19.9 Å². The van der Waals surface area contributed by atoms with Crippen LogP contribution >= 0.6 is 0 Å². The number of anilines is 1. The topological polar surface area (TPSA) is 102 Å². The van der Waals surface area contributed by atoms with E-state index in [0.717, 1.165) is 17.6 Å². The molecule has 9 heteroatoms. The minimum atomic E-state index is -3.17. The van der Waals surface area contributed by atoms with Crippen molar-refractivity contribution in [2.75, 3.05) is 24.7 Å². The van der Waals surface area contributed by atoms with Crippen molar-refractivity contribution in [3.05, 3.63) is 29.8 Å². The van der Waals surface area contributed by atoms with Crippen molar-refractivity contribution in [3.63, 3.8) is 0 Å². The van der Waals surface area contributed by atoms with Gasteiger partial charge in [-0.15, -0.1) is 0 Å². The van der Waals surface area contributed by atoms with E-state index in [2.05, 4.69) is 25.1 Å². The molecular weight excluding hydrogens is 292 g/mol. The van der Waals surface area contributed by atoms with Crippen molar-refractivity contribution >= 4 is 15.8 Å². The van der Waals surface area contributed by atoms with Crippen LogP contribution in [-0.4, -0.2) is 47.5 Å². The maximum Gasteiger partial charge on any atom is 0.208 e. The van der Waals surface area contributed by atoms with Crippen LogP contribution in [0, 0.1) is 13.8 Å². The second-order valence-corrected chi connectivity index (χ2v) is 6.53. The number of aryl methyl sites for hydroxylation is 2. The number of hydrogen-bond donors (Lipinski definition) is 2. The minimum Gasteiger partial charge on any atom is -0.369 e. The third kappa shape index (κ3) is 4.50. The molecule has 0 aliphatic heterocycles. The molecule has 8 nitrogen and oxygen atoms in total. The van der Waals surface area contributed by atoms with Crippen LogP contribution in [-0.2, 0) is 10.0 Å². The molecule has 0 aliphatic rings. The highest BCUT2D eigenvalue weighted by molar-refractivity contribution is 7.88. The van der Waals surface area contributed by atoms with Crippen molar-refractivity contribution in [1.29, 1.82) is 0 Å². The van der Waals surface area contributed by atoms with Gasteiger partial charge in [-0.2, -0.15) is 5.10 Å². The molecule has 0 aromatic carbocycles. The monoisotopic (exact) mass is 310 g/mol. The highest BCUT2D eigenvalue weighted by atomic mass is 32.2. The Morgan fingerprint density at radius 2 is 1.95 bits per heavy atom. The Morgan fingerprint density at radius 1 is 1.19 bits per heavy atom. The average molecular weight is 310 g/mol. The lowest BCUT2D eigenvalue weighted by molar-refractivity contribution is 0.589. The molecule has 0 radical (unpaired) electrons. The molecule has 21 heavy (non-hydrogen) atoms. The van der Waals surface area contributed by atoms with Gasteiger partial charge in [-0.1, -0.05) is 0 Å². The fourth-order valence-electron chi connectivity index (χ4n) is 1.85. The summed E-state index contributed by atoms with van der Waals surface area (Å²) in [4.78, 5) is 8.28. The van der Waals surface area contributed by atoms with Crippen LogP contribution in [0.25, 0.3) is 5.82 Å². The summed E-state index contributed by atoms with van der Waals surface area (Å²) in [6, 6.07) is 3.73. The molecule has 0 spiro atoms. The highest BCUT2D eigenvalue weighted by Gasteiger charge is 2.06. The lowest BCUT2D eigenvalue weighted by Gasteiger charge is -2.08. The molecule has 2 N–H and O–H groups in total. The smallest absolute Gasteiger partial charge is 0.208 e. The van der Waals surface area contributed by atoms with Gasteiger partial charge in [0.2, 0.25) is 10.0 Å². The molecule has 0 fully saturated rings. The summed E-state index contributed by atoms with van der Waals surface area (Å²) in [7, 11) is -3.17. The zero-order chi connectivity index (χ0) is 15.5. The summed E-state index contributed by atoms with van der Waals surface area (Å²) >= 11 is 0. The summed E-state index contributed by atoms with van der Waals surface area (Å²) in [5.74, 6) is 1.28. The van der Waals surface area contributed by atoms with Crippen LogP contribution in [0.4, 0.5) is 5.82 Å². The van der Waals surface area contributed by atoms with Gasteiger partial charge in [0.1, 0.15) is 12.1 Å². The molecule has 114 valence electrons. The normalized spacial score (nSPS) is 11.6. The number of hydrogen-bond acceptors (Lipinski definition) is 6. The van der Waals surface area contributed by atoms with E-state index >= 15 is 0 Å². The molecule has 2 heterocycles. The summed E-state index contributed by atoms with van der Waals surface area (Å²) in [6.45, 7) is 4.59. The Kier molecular flexibility index (Phi) is 4.53. The molecule has 2 aromatic rings. The van der Waals surface area contributed by atoms with E-state index in [4.69, 9.17) is 0 Å². The molecule has 0 unspecified atom stereocenters. The van der Waals surface area contributed by atoms with Crippen molar-refractivity contribution < 1.29 is 8.42 Å². The third-order valence-electron chi connectivity index (χ3n) is 2.67. The molecule has 0 bridgehead atoms. The van der Waals surface area contributed by atoms with Crippen molar-refractivity contribution in [2.45, 2.75) is 13.8 Å². The molecule has 0 saturated heterocycles. The van der Waals surface area contributed by atoms with Crippen LogP contribution in [0.5, 0.6) is 0 Å². The lowest BCUT2D eigenvalue weighted by atomic mass is 10.4. The van der Waals surface area contributed by atoms with E-state index < -0.39 is 10.0 Å². The number of rotatable bonds is 6. The SMILES string of the molecule is Cc1cc(C)n(-c2cc(NCCNS(C)(=O)=O)ncn2)n1. The lowest BCUT2D eigenvalue weighted by Crippen LogP contribution is -2.27. The maximum absolute atomic E-state index is 10.9. The molecule has 0 aliphatic carbocycles. The van der Waals surface area contributed by atoms with E-state index in [-0.39, 0.29) is 6.54 Å². The Hall–Kier alpha value is -2.00. The van der Waals surface area contributed by atoms with Crippen LogP contribution < -0.4 is 10.0 Å². The van der Waals surface area contributed by atoms with Gasteiger partial charge in [-0.25, -0.2) is 27.8 Å². The largest absolute Gasteiger partial charge is 0.369 e. The number of nitrogens with one attached hydrogen (secondary N) is 2. The maximum atomic E-state index is 10.9. The van der Waals surface area contributed by atoms with Crippen molar-refractivity contribution in [1.82, 2.24) is 24.5 Å². The molecule has 2 rings (SSSR count). The van der Waals surface area contributed by atoms with Crippen LogP contribution in [0.1, 0.15) is 11.4 Å². The van der Waals surface area contributed by atoms with Crippen LogP contribution in [0.15, 0.2) is 18.5 Å². The molecule has 0 amide bonds. The van der Waals surface area contributed by atoms with Crippen LogP contribution in [0.2, 0.25) is 0 Å². The van der Waals surface area contributed by atoms with Gasteiger partial charge in [-0.05, 0) is 19.9 Å². The van der Waals surface area contributed by atoms with Gasteiger partial charge in [0, 0.05) is 24.8 Å². The van der Waals surface area contributed by atoms with Gasteiger partial charge in [0.15, 0.2) is 5.82 Å². The van der Waals surface area contributed by atoms with E-state index in [0.29, 0.717) is 18.2 Å². The first kappa shape index (κ1) is 15.4. The number of sulfonamides is 1. The predicted octanol–water partition coefficient (Wildman–Crippen LogP) is 0.240. The molecule has 2 aromatic heterocycles. The Bertz CT molecular complexity index is 725. The van der Waals surface area contributed by atoms with Crippen molar-refractivity contribution in [2.24, 2.45) is 0 Å². The molecular formula is C12H18N6O2S. The quantitative estimate of drug-likeness (QED) is 0.741. The van der Waals surface area contributed by atoms with Gasteiger partial charge >= 0.3 is 0 Å². The molecule has 0 atom stereocenters. The van der Waals surface area contributed by atoms with Crippen molar-refractivity contribution in [3.8, 4) is 5.82 Å². The predicted molar refractivity (Wildman–Crippen MR) is 80.0 cm³/mol. The fraction of sp³-hybridized carbons (Fsp3) is 0.417. The second-order valence-electron chi connectivity index (χ2n) is 4.69. The Balaban J connectivity index is 2.03. The average Bonchev–Trinajstić information content (AvgIpc) is 2.73. The Morgan fingerprint density at radius 3 is 2.57 bits per heavy atom. The van der Waals surface area contributed by atoms with Gasteiger partial charge < -0.3 is 5.32 Å². The fourth-order valence-corrected chi connectivity index (χ4v) is 2.32. The van der Waals surface area contributed by atoms with Gasteiger partial charge in [-0.3, -0.25) is 0 Å². The van der Waals surface area contributed by atoms with E-state index in [9.17, 15) is 8.42 Å². The first-order valence-corrected chi connectivity index (χ1v) is 8.28. The number of nitrogens with zero attached hydrogens (tertiary/aromatic N) is 4. The minimum absolute atomic E-state index is 0.290. The summed E-state index contributed by atoms with van der Waals surface area (Å²) in [5, 5.41) is 7.39. The highest BCUT2D eigenvalue weighted by Crippen LogP contribution is 2.11. The van der Waals surface area contributed by atoms with E-state index in [1.165, 1.54) is 6.33 Å². The Labute approximate surface area is 123 Å². The zero-order valence-electron chi connectivity index (χ0n) is 12.2. The number of aromatic nitrogens is 4. The zero-order valence-corrected chi connectivity index (χ0v) is 13.0. The first-order valence-electron chi connectivity index (χ1n) is 6.39. The summed E-state index contributed by atoms with van der Waals surface area (Å²) < 4.78 is 26.0. The van der Waals surface area contributed by atoms with Gasteiger partial charge in [0.25, 0.3) is 0 Å².